The van der Waals surface area contributed by atoms with E-state index < -0.39 is 43.8 Å². The van der Waals surface area contributed by atoms with E-state index in [2.05, 4.69) is 4.99 Å². The zero-order valence-corrected chi connectivity index (χ0v) is 19.3. The Bertz CT molecular complexity index is 1200. The summed E-state index contributed by atoms with van der Waals surface area (Å²) in [5.74, 6) is -0.880. The van der Waals surface area contributed by atoms with Crippen LogP contribution in [0.2, 0.25) is 10.0 Å². The maximum atomic E-state index is 13.4. The Morgan fingerprint density at radius 2 is 1.81 bits per heavy atom. The van der Waals surface area contributed by atoms with Gasteiger partial charge in [-0.1, -0.05) is 47.1 Å². The minimum atomic E-state index is -4.69. The molecule has 0 spiro atoms. The number of carbonyl (C=O) groups excluding carboxylic acids is 1. The summed E-state index contributed by atoms with van der Waals surface area (Å²) in [4.78, 5) is 18.1. The van der Waals surface area contributed by atoms with Crippen molar-refractivity contribution in [1.29, 1.82) is 0 Å². The Morgan fingerprint density at radius 3 is 2.47 bits per heavy atom. The standard InChI is InChI=1S/C20H15Cl2F3N2O3S2/c21-12-3-1-11(2-4-12)7-18(28)26-19-27(16-9-32(29,30)10-17(16)31-19)13-5-6-15(22)14(8-13)20(23,24)25/h1-6,8,16-17H,7,9-10H2/t16-,17-/m1/s1. The van der Waals surface area contributed by atoms with Crippen LogP contribution < -0.4 is 4.90 Å². The first-order valence-corrected chi connectivity index (χ1v) is 12.8. The molecule has 0 aromatic heterocycles. The molecule has 2 aliphatic rings. The Hall–Kier alpha value is -1.75. The number of thioether (sulfide) groups is 1. The lowest BCUT2D eigenvalue weighted by atomic mass is 10.1. The summed E-state index contributed by atoms with van der Waals surface area (Å²) < 4.78 is 64.4. The lowest BCUT2D eigenvalue weighted by molar-refractivity contribution is -0.137. The van der Waals surface area contributed by atoms with Crippen LogP contribution >= 0.6 is 35.0 Å². The number of benzene rings is 2. The molecule has 0 unspecified atom stereocenters. The Morgan fingerprint density at radius 1 is 1.12 bits per heavy atom. The SMILES string of the molecule is O=C(Cc1ccc(Cl)cc1)N=C1S[C@@H]2CS(=O)(=O)C[C@H]2N1c1ccc(Cl)c(C(F)(F)F)c1. The van der Waals surface area contributed by atoms with Crippen molar-refractivity contribution in [3.63, 3.8) is 0 Å². The van der Waals surface area contributed by atoms with Crippen molar-refractivity contribution in [2.75, 3.05) is 16.4 Å². The molecule has 12 heteroatoms. The number of carbonyl (C=O) groups is 1. The zero-order chi connectivity index (χ0) is 23.3. The molecule has 5 nitrogen and oxygen atoms in total. The van der Waals surface area contributed by atoms with E-state index in [0.717, 1.165) is 23.9 Å². The highest BCUT2D eigenvalue weighted by Gasteiger charge is 2.49. The second kappa shape index (κ2) is 8.55. The molecule has 0 aliphatic carbocycles. The molecule has 2 aromatic rings. The van der Waals surface area contributed by atoms with Crippen molar-refractivity contribution in [3.8, 4) is 0 Å². The topological polar surface area (TPSA) is 66.8 Å². The molecule has 0 saturated carbocycles. The van der Waals surface area contributed by atoms with Crippen LogP contribution in [0, 0.1) is 0 Å². The number of hydrogen-bond acceptors (Lipinski definition) is 4. The van der Waals surface area contributed by atoms with Gasteiger partial charge in [-0.05, 0) is 35.9 Å². The first kappa shape index (κ1) is 23.4. The first-order valence-electron chi connectivity index (χ1n) is 9.32. The van der Waals surface area contributed by atoms with Crippen LogP contribution in [0.4, 0.5) is 18.9 Å². The fourth-order valence-corrected chi connectivity index (χ4v) is 7.95. The van der Waals surface area contributed by atoms with Crippen LogP contribution in [0.1, 0.15) is 11.1 Å². The molecule has 0 radical (unpaired) electrons. The van der Waals surface area contributed by atoms with E-state index in [1.807, 2.05) is 0 Å². The van der Waals surface area contributed by atoms with Crippen LogP contribution in [-0.4, -0.2) is 42.3 Å². The van der Waals surface area contributed by atoms with E-state index in [1.165, 1.54) is 11.0 Å². The van der Waals surface area contributed by atoms with E-state index in [1.54, 1.807) is 24.3 Å². The molecule has 2 atom stereocenters. The minimum Gasteiger partial charge on any atom is -0.316 e. The number of hydrogen-bond donors (Lipinski definition) is 0. The molecule has 2 heterocycles. The van der Waals surface area contributed by atoms with Gasteiger partial charge in [-0.15, -0.1) is 0 Å². The monoisotopic (exact) mass is 522 g/mol. The Kier molecular flexibility index (Phi) is 6.26. The lowest BCUT2D eigenvalue weighted by Gasteiger charge is -2.25. The summed E-state index contributed by atoms with van der Waals surface area (Å²) in [6, 6.07) is 9.32. The van der Waals surface area contributed by atoms with Crippen molar-refractivity contribution in [2.24, 2.45) is 4.99 Å². The summed E-state index contributed by atoms with van der Waals surface area (Å²) in [6.45, 7) is 0. The van der Waals surface area contributed by atoms with Crippen LogP contribution in [0.5, 0.6) is 0 Å². The molecule has 2 saturated heterocycles. The summed E-state index contributed by atoms with van der Waals surface area (Å²) in [7, 11) is -3.36. The average molecular weight is 523 g/mol. The van der Waals surface area contributed by atoms with E-state index in [9.17, 15) is 26.4 Å². The van der Waals surface area contributed by atoms with Crippen LogP contribution in [0.3, 0.4) is 0 Å². The van der Waals surface area contributed by atoms with E-state index >= 15 is 0 Å². The number of halogens is 5. The van der Waals surface area contributed by atoms with Gasteiger partial charge in [0.2, 0.25) is 0 Å². The first-order chi connectivity index (χ1) is 14.9. The summed E-state index contributed by atoms with van der Waals surface area (Å²) in [6.07, 6.45) is -4.72. The van der Waals surface area contributed by atoms with Gasteiger partial charge in [0.1, 0.15) is 0 Å². The van der Waals surface area contributed by atoms with Crippen molar-refractivity contribution >= 4 is 61.6 Å². The van der Waals surface area contributed by atoms with Gasteiger partial charge >= 0.3 is 6.18 Å². The van der Waals surface area contributed by atoms with Crippen molar-refractivity contribution in [2.45, 2.75) is 23.9 Å². The van der Waals surface area contributed by atoms with E-state index in [4.69, 9.17) is 23.2 Å². The molecule has 170 valence electrons. The third-order valence-corrected chi connectivity index (χ3v) is 8.88. The number of amides is 1. The highest BCUT2D eigenvalue weighted by molar-refractivity contribution is 8.16. The number of rotatable bonds is 3. The second-order valence-corrected chi connectivity index (χ2v) is 11.6. The Balaban J connectivity index is 1.70. The number of amidine groups is 1. The smallest absolute Gasteiger partial charge is 0.316 e. The maximum absolute atomic E-state index is 13.4. The number of nitrogens with zero attached hydrogens (tertiary/aromatic N) is 2. The molecule has 2 aliphatic heterocycles. The molecular formula is C20H15Cl2F3N2O3S2. The van der Waals surface area contributed by atoms with E-state index in [0.29, 0.717) is 10.6 Å². The van der Waals surface area contributed by atoms with Gasteiger partial charge in [-0.3, -0.25) is 4.79 Å². The van der Waals surface area contributed by atoms with Crippen molar-refractivity contribution in [1.82, 2.24) is 0 Å². The molecular weight excluding hydrogens is 508 g/mol. The largest absolute Gasteiger partial charge is 0.417 e. The van der Waals surface area contributed by atoms with Crippen molar-refractivity contribution < 1.29 is 26.4 Å². The lowest BCUT2D eigenvalue weighted by Crippen LogP contribution is -2.38. The van der Waals surface area contributed by atoms with Gasteiger partial charge in [0.05, 0.1) is 34.6 Å². The van der Waals surface area contributed by atoms with Gasteiger partial charge in [0.15, 0.2) is 15.0 Å². The molecule has 1 amide bonds. The van der Waals surface area contributed by atoms with Gasteiger partial charge in [-0.2, -0.15) is 18.2 Å². The Labute approximate surface area is 196 Å². The third kappa shape index (κ3) is 4.93. The fraction of sp³-hybridized carbons (Fsp3) is 0.300. The molecule has 0 N–H and O–H groups in total. The van der Waals surface area contributed by atoms with Gasteiger partial charge in [0, 0.05) is 16.0 Å². The second-order valence-electron chi connectivity index (χ2n) is 7.42. The van der Waals surface area contributed by atoms with Crippen LogP contribution in [-0.2, 0) is 27.2 Å². The highest BCUT2D eigenvalue weighted by Crippen LogP contribution is 2.43. The van der Waals surface area contributed by atoms with Gasteiger partial charge in [-0.25, -0.2) is 8.42 Å². The summed E-state index contributed by atoms with van der Waals surface area (Å²) >= 11 is 12.7. The molecule has 2 aromatic carbocycles. The van der Waals surface area contributed by atoms with E-state index in [-0.39, 0.29) is 28.8 Å². The molecule has 32 heavy (non-hydrogen) atoms. The van der Waals surface area contributed by atoms with Crippen LogP contribution in [0.15, 0.2) is 47.5 Å². The van der Waals surface area contributed by atoms with Gasteiger partial charge in [0.25, 0.3) is 5.91 Å². The van der Waals surface area contributed by atoms with Crippen molar-refractivity contribution in [3.05, 3.63) is 63.6 Å². The number of sulfone groups is 1. The zero-order valence-electron chi connectivity index (χ0n) is 16.1. The predicted octanol–water partition coefficient (Wildman–Crippen LogP) is 4.86. The highest BCUT2D eigenvalue weighted by atomic mass is 35.5. The normalized spacial score (nSPS) is 23.5. The molecule has 4 rings (SSSR count). The number of anilines is 1. The number of alkyl halides is 3. The summed E-state index contributed by atoms with van der Waals surface area (Å²) in [5, 5.41) is -0.223. The van der Waals surface area contributed by atoms with Gasteiger partial charge < -0.3 is 4.90 Å². The fourth-order valence-electron chi connectivity index (χ4n) is 3.67. The summed E-state index contributed by atoms with van der Waals surface area (Å²) in [5.41, 5.74) is -0.290. The quantitative estimate of drug-likeness (QED) is 0.576. The third-order valence-electron chi connectivity index (χ3n) is 5.09. The molecule has 2 fully saturated rings. The number of aliphatic imine (C=N–C) groups is 1. The van der Waals surface area contributed by atoms with Crippen LogP contribution in [0.25, 0.3) is 0 Å². The maximum Gasteiger partial charge on any atom is 0.417 e. The number of fused-ring (bicyclic) bond motifs is 1. The minimum absolute atomic E-state index is 0.0306. The average Bonchev–Trinajstić information content (AvgIpc) is 3.14. The molecule has 0 bridgehead atoms. The predicted molar refractivity (Wildman–Crippen MR) is 120 cm³/mol.